The number of rotatable bonds is 1. The van der Waals surface area contributed by atoms with Crippen LogP contribution in [0.5, 0.6) is 5.75 Å². The predicted molar refractivity (Wildman–Crippen MR) is 50.3 cm³/mol. The summed E-state index contributed by atoms with van der Waals surface area (Å²) in [5.41, 5.74) is 7.19. The van der Waals surface area contributed by atoms with Gasteiger partial charge in [-0.3, -0.25) is 10.1 Å². The summed E-state index contributed by atoms with van der Waals surface area (Å²) in [7, 11) is 0. The Morgan fingerprint density at radius 2 is 2.36 bits per heavy atom. The van der Waals surface area contributed by atoms with Crippen LogP contribution < -0.4 is 10.5 Å². The molecule has 0 radical (unpaired) electrons. The van der Waals surface area contributed by atoms with Crippen LogP contribution in [-0.2, 0) is 0 Å². The molecule has 0 aromatic heterocycles. The van der Waals surface area contributed by atoms with E-state index in [1.54, 1.807) is 6.07 Å². The Balaban J connectivity index is 2.66. The monoisotopic (exact) mass is 194 g/mol. The smallest absolute Gasteiger partial charge is 0.278 e. The first kappa shape index (κ1) is 8.96. The van der Waals surface area contributed by atoms with Crippen molar-refractivity contribution in [3.05, 3.63) is 33.4 Å². The molecule has 1 aliphatic heterocycles. The number of nitro benzene ring substituents is 1. The first-order valence-corrected chi connectivity index (χ1v) is 4.27. The molecule has 0 amide bonds. The molecule has 0 unspecified atom stereocenters. The number of benzene rings is 1. The quantitative estimate of drug-likeness (QED) is 0.539. The summed E-state index contributed by atoms with van der Waals surface area (Å²) in [6.07, 6.45) is 0. The highest BCUT2D eigenvalue weighted by atomic mass is 16.6. The first-order valence-electron chi connectivity index (χ1n) is 4.27. The van der Waals surface area contributed by atoms with Crippen molar-refractivity contribution >= 4 is 5.69 Å². The van der Waals surface area contributed by atoms with Gasteiger partial charge in [0.2, 0.25) is 0 Å². The van der Waals surface area contributed by atoms with E-state index in [9.17, 15) is 10.1 Å². The second-order valence-electron chi connectivity index (χ2n) is 3.32. The summed E-state index contributed by atoms with van der Waals surface area (Å²) in [4.78, 5) is 10.3. The highest BCUT2D eigenvalue weighted by Gasteiger charge is 2.30. The molecule has 0 spiro atoms. The zero-order valence-electron chi connectivity index (χ0n) is 7.69. The lowest BCUT2D eigenvalue weighted by Crippen LogP contribution is -2.12. The van der Waals surface area contributed by atoms with Crippen molar-refractivity contribution in [1.82, 2.24) is 0 Å². The Morgan fingerprint density at radius 3 is 3.00 bits per heavy atom. The molecule has 5 heteroatoms. The fourth-order valence-corrected chi connectivity index (χ4v) is 1.66. The number of nitrogens with two attached hydrogens (primary N) is 1. The highest BCUT2D eigenvalue weighted by Crippen LogP contribution is 2.40. The first-order chi connectivity index (χ1) is 6.61. The number of hydrogen-bond acceptors (Lipinski definition) is 4. The number of fused-ring (bicyclic) bond motifs is 1. The zero-order chi connectivity index (χ0) is 10.3. The molecule has 1 aromatic rings. The van der Waals surface area contributed by atoms with E-state index in [-0.39, 0.29) is 11.7 Å². The van der Waals surface area contributed by atoms with Crippen LogP contribution >= 0.6 is 0 Å². The van der Waals surface area contributed by atoms with Gasteiger partial charge in [-0.15, -0.1) is 0 Å². The molecular formula is C9H10N2O3. The minimum Gasteiger partial charge on any atom is -0.491 e. The van der Waals surface area contributed by atoms with Crippen LogP contribution in [0.25, 0.3) is 0 Å². The molecule has 74 valence electrons. The molecule has 1 atom stereocenters. The molecule has 0 saturated carbocycles. The molecule has 0 saturated heterocycles. The maximum Gasteiger partial charge on any atom is 0.278 e. The number of hydrogen-bond donors (Lipinski definition) is 1. The molecule has 1 heterocycles. The predicted octanol–water partition coefficient (Wildman–Crippen LogP) is 1.30. The van der Waals surface area contributed by atoms with Gasteiger partial charge in [-0.2, -0.15) is 0 Å². The number of ether oxygens (including phenoxy) is 1. The third-order valence-electron chi connectivity index (χ3n) is 2.34. The molecule has 14 heavy (non-hydrogen) atoms. The molecule has 5 nitrogen and oxygen atoms in total. The van der Waals surface area contributed by atoms with Crippen molar-refractivity contribution in [3.63, 3.8) is 0 Å². The summed E-state index contributed by atoms with van der Waals surface area (Å²) >= 11 is 0. The topological polar surface area (TPSA) is 78.4 Å². The van der Waals surface area contributed by atoms with E-state index in [0.717, 1.165) is 5.56 Å². The molecule has 1 aromatic carbocycles. The average Bonchev–Trinajstić information content (AvgIpc) is 2.50. The van der Waals surface area contributed by atoms with Crippen molar-refractivity contribution in [3.8, 4) is 5.75 Å². The third-order valence-corrected chi connectivity index (χ3v) is 2.34. The lowest BCUT2D eigenvalue weighted by Gasteiger charge is -2.04. The van der Waals surface area contributed by atoms with Gasteiger partial charge < -0.3 is 10.5 Å². The molecule has 0 fully saturated rings. The van der Waals surface area contributed by atoms with Crippen molar-refractivity contribution < 1.29 is 9.66 Å². The Hall–Kier alpha value is -1.62. The maximum absolute atomic E-state index is 10.7. The van der Waals surface area contributed by atoms with Gasteiger partial charge in [0.1, 0.15) is 12.4 Å². The third kappa shape index (κ3) is 1.13. The van der Waals surface area contributed by atoms with Gasteiger partial charge in [0, 0.05) is 6.07 Å². The molecule has 1 aliphatic rings. The zero-order valence-corrected chi connectivity index (χ0v) is 7.69. The lowest BCUT2D eigenvalue weighted by atomic mass is 10.0. The molecule has 2 rings (SSSR count). The van der Waals surface area contributed by atoms with E-state index >= 15 is 0 Å². The highest BCUT2D eigenvalue weighted by molar-refractivity contribution is 5.57. The normalized spacial score (nSPS) is 18.9. The van der Waals surface area contributed by atoms with Crippen LogP contribution in [0.15, 0.2) is 12.1 Å². The van der Waals surface area contributed by atoms with E-state index in [1.807, 2.05) is 6.92 Å². The van der Waals surface area contributed by atoms with Crippen LogP contribution in [0.3, 0.4) is 0 Å². The van der Waals surface area contributed by atoms with Crippen LogP contribution in [0.4, 0.5) is 5.69 Å². The Kier molecular flexibility index (Phi) is 1.89. The van der Waals surface area contributed by atoms with Gasteiger partial charge >= 0.3 is 0 Å². The lowest BCUT2D eigenvalue weighted by molar-refractivity contribution is -0.385. The van der Waals surface area contributed by atoms with Gasteiger partial charge in [0.05, 0.1) is 16.5 Å². The molecule has 2 N–H and O–H groups in total. The SMILES string of the molecule is Cc1ccc([N+](=O)[O-])c2c1OC[C@H]2N. The number of aryl methyl sites for hydroxylation is 1. The Morgan fingerprint density at radius 1 is 1.64 bits per heavy atom. The van der Waals surface area contributed by atoms with Gasteiger partial charge in [-0.05, 0) is 18.6 Å². The number of nitro groups is 1. The molecule has 0 aliphatic carbocycles. The van der Waals surface area contributed by atoms with Crippen LogP contribution in [-0.4, -0.2) is 11.5 Å². The average molecular weight is 194 g/mol. The Bertz CT molecular complexity index is 403. The van der Waals surface area contributed by atoms with Crippen LogP contribution in [0, 0.1) is 17.0 Å². The minimum atomic E-state index is -0.424. The summed E-state index contributed by atoms with van der Waals surface area (Å²) in [6, 6.07) is 2.77. The van der Waals surface area contributed by atoms with Crippen LogP contribution in [0.2, 0.25) is 0 Å². The maximum atomic E-state index is 10.7. The largest absolute Gasteiger partial charge is 0.491 e. The standard InChI is InChI=1S/C9H10N2O3/c1-5-2-3-7(11(12)13)8-6(10)4-14-9(5)8/h2-3,6H,4,10H2,1H3/t6-/m1/s1. The second-order valence-corrected chi connectivity index (χ2v) is 3.32. The van der Waals surface area contributed by atoms with Gasteiger partial charge in [-0.25, -0.2) is 0 Å². The molecular weight excluding hydrogens is 184 g/mol. The summed E-state index contributed by atoms with van der Waals surface area (Å²) in [5.74, 6) is 0.576. The summed E-state index contributed by atoms with van der Waals surface area (Å²) in [5, 5.41) is 10.7. The second kappa shape index (κ2) is 2.95. The van der Waals surface area contributed by atoms with E-state index in [2.05, 4.69) is 0 Å². The van der Waals surface area contributed by atoms with Gasteiger partial charge in [0.15, 0.2) is 0 Å². The van der Waals surface area contributed by atoms with Crippen LogP contribution in [0.1, 0.15) is 17.2 Å². The fourth-order valence-electron chi connectivity index (χ4n) is 1.66. The van der Waals surface area contributed by atoms with Crippen molar-refractivity contribution in [2.45, 2.75) is 13.0 Å². The summed E-state index contributed by atoms with van der Waals surface area (Å²) in [6.45, 7) is 2.17. The van der Waals surface area contributed by atoms with Gasteiger partial charge in [-0.1, -0.05) is 0 Å². The van der Waals surface area contributed by atoms with Crippen molar-refractivity contribution in [2.75, 3.05) is 6.61 Å². The van der Waals surface area contributed by atoms with Crippen molar-refractivity contribution in [1.29, 1.82) is 0 Å². The summed E-state index contributed by atoms with van der Waals surface area (Å²) < 4.78 is 5.30. The van der Waals surface area contributed by atoms with E-state index in [1.165, 1.54) is 6.07 Å². The van der Waals surface area contributed by atoms with E-state index in [4.69, 9.17) is 10.5 Å². The Labute approximate surface area is 80.6 Å². The molecule has 0 bridgehead atoms. The van der Waals surface area contributed by atoms with E-state index in [0.29, 0.717) is 17.9 Å². The number of nitrogens with zero attached hydrogens (tertiary/aromatic N) is 1. The van der Waals surface area contributed by atoms with Crippen molar-refractivity contribution in [2.24, 2.45) is 5.73 Å². The van der Waals surface area contributed by atoms with E-state index < -0.39 is 4.92 Å². The minimum absolute atomic E-state index is 0.0515. The van der Waals surface area contributed by atoms with Gasteiger partial charge in [0.25, 0.3) is 5.69 Å². The fraction of sp³-hybridized carbons (Fsp3) is 0.333.